The topological polar surface area (TPSA) is 46.3 Å². The van der Waals surface area contributed by atoms with Crippen LogP contribution in [-0.2, 0) is 4.79 Å². The minimum atomic E-state index is 0.0675. The molecule has 0 atom stereocenters. The molecule has 12 heavy (non-hydrogen) atoms. The Balaban J connectivity index is 2.45. The summed E-state index contributed by atoms with van der Waals surface area (Å²) in [5.74, 6) is 0.0675. The summed E-state index contributed by atoms with van der Waals surface area (Å²) in [6, 6.07) is 0. The van der Waals surface area contributed by atoms with Crippen molar-refractivity contribution < 1.29 is 4.79 Å². The van der Waals surface area contributed by atoms with Crippen molar-refractivity contribution in [1.29, 1.82) is 0 Å². The second-order valence-electron chi connectivity index (χ2n) is 3.36. The van der Waals surface area contributed by atoms with Crippen LogP contribution in [0, 0.1) is 0 Å². The van der Waals surface area contributed by atoms with E-state index in [4.69, 9.17) is 5.73 Å². The number of allylic oxidation sites excluding steroid dienone is 1. The van der Waals surface area contributed by atoms with Crippen LogP contribution in [0.15, 0.2) is 11.3 Å². The molecular formula is C9H16N2O. The molecule has 0 spiro atoms. The van der Waals surface area contributed by atoms with Gasteiger partial charge in [-0.25, -0.2) is 0 Å². The molecule has 1 aliphatic rings. The second kappa shape index (κ2) is 3.61. The van der Waals surface area contributed by atoms with Crippen LogP contribution >= 0.6 is 0 Å². The molecule has 0 bridgehead atoms. The average molecular weight is 168 g/mol. The summed E-state index contributed by atoms with van der Waals surface area (Å²) < 4.78 is 0. The second-order valence-corrected chi connectivity index (χ2v) is 3.36. The number of nitrogens with two attached hydrogens (primary N) is 1. The van der Waals surface area contributed by atoms with Crippen LogP contribution in [0.5, 0.6) is 0 Å². The molecule has 68 valence electrons. The zero-order valence-corrected chi connectivity index (χ0v) is 7.76. The average Bonchev–Trinajstić information content (AvgIpc) is 1.82. The maximum absolute atomic E-state index is 10.9. The van der Waals surface area contributed by atoms with Crippen molar-refractivity contribution in [2.75, 3.05) is 13.6 Å². The molecule has 0 aromatic heterocycles. The SMILES string of the molecule is CC(=O)N(C)CC(N)=C1CCC1. The molecular weight excluding hydrogens is 152 g/mol. The molecule has 1 fully saturated rings. The quantitative estimate of drug-likeness (QED) is 0.664. The Morgan fingerprint density at radius 1 is 1.58 bits per heavy atom. The molecule has 1 saturated carbocycles. The third-order valence-electron chi connectivity index (χ3n) is 2.36. The molecule has 1 aliphatic carbocycles. The van der Waals surface area contributed by atoms with Gasteiger partial charge >= 0.3 is 0 Å². The van der Waals surface area contributed by atoms with Crippen molar-refractivity contribution in [3.63, 3.8) is 0 Å². The Labute approximate surface area is 73.2 Å². The van der Waals surface area contributed by atoms with Gasteiger partial charge in [-0.15, -0.1) is 0 Å². The molecule has 0 aliphatic heterocycles. The summed E-state index contributed by atoms with van der Waals surface area (Å²) in [4.78, 5) is 12.5. The number of nitrogens with zero attached hydrogens (tertiary/aromatic N) is 1. The van der Waals surface area contributed by atoms with Gasteiger partial charge in [0.05, 0.1) is 6.54 Å². The normalized spacial score (nSPS) is 15.3. The zero-order chi connectivity index (χ0) is 9.14. The summed E-state index contributed by atoms with van der Waals surface area (Å²) in [6.07, 6.45) is 3.50. The molecule has 0 heterocycles. The van der Waals surface area contributed by atoms with E-state index in [-0.39, 0.29) is 5.91 Å². The van der Waals surface area contributed by atoms with Crippen LogP contribution < -0.4 is 5.73 Å². The minimum Gasteiger partial charge on any atom is -0.401 e. The van der Waals surface area contributed by atoms with Gasteiger partial charge in [0.25, 0.3) is 0 Å². The Kier molecular flexibility index (Phi) is 2.74. The van der Waals surface area contributed by atoms with E-state index in [2.05, 4.69) is 0 Å². The van der Waals surface area contributed by atoms with Crippen molar-refractivity contribution in [1.82, 2.24) is 4.90 Å². The fraction of sp³-hybridized carbons (Fsp3) is 0.667. The van der Waals surface area contributed by atoms with Gasteiger partial charge in [-0.2, -0.15) is 0 Å². The van der Waals surface area contributed by atoms with E-state index in [1.807, 2.05) is 0 Å². The van der Waals surface area contributed by atoms with E-state index in [0.717, 1.165) is 18.5 Å². The maximum atomic E-state index is 10.9. The Morgan fingerprint density at radius 2 is 2.17 bits per heavy atom. The number of likely N-dealkylation sites (N-methyl/N-ethyl adjacent to an activating group) is 1. The van der Waals surface area contributed by atoms with E-state index < -0.39 is 0 Å². The molecule has 0 radical (unpaired) electrons. The van der Waals surface area contributed by atoms with Crippen molar-refractivity contribution in [3.05, 3.63) is 11.3 Å². The lowest BCUT2D eigenvalue weighted by Crippen LogP contribution is -2.29. The molecule has 3 heteroatoms. The van der Waals surface area contributed by atoms with Crippen LogP contribution in [0.2, 0.25) is 0 Å². The predicted molar refractivity (Wildman–Crippen MR) is 48.4 cm³/mol. The first-order valence-corrected chi connectivity index (χ1v) is 4.29. The monoisotopic (exact) mass is 168 g/mol. The third-order valence-corrected chi connectivity index (χ3v) is 2.36. The van der Waals surface area contributed by atoms with Gasteiger partial charge in [0, 0.05) is 19.7 Å². The van der Waals surface area contributed by atoms with E-state index in [1.165, 1.54) is 12.0 Å². The van der Waals surface area contributed by atoms with Gasteiger partial charge in [0.1, 0.15) is 0 Å². The van der Waals surface area contributed by atoms with E-state index >= 15 is 0 Å². The van der Waals surface area contributed by atoms with Gasteiger partial charge < -0.3 is 10.6 Å². The van der Waals surface area contributed by atoms with Crippen LogP contribution in [0.3, 0.4) is 0 Å². The number of hydrogen-bond donors (Lipinski definition) is 1. The van der Waals surface area contributed by atoms with Crippen LogP contribution in [0.4, 0.5) is 0 Å². The maximum Gasteiger partial charge on any atom is 0.219 e. The number of hydrogen-bond acceptors (Lipinski definition) is 2. The van der Waals surface area contributed by atoms with Crippen LogP contribution in [-0.4, -0.2) is 24.4 Å². The van der Waals surface area contributed by atoms with Crippen molar-refractivity contribution in [2.45, 2.75) is 26.2 Å². The Morgan fingerprint density at radius 3 is 2.50 bits per heavy atom. The molecule has 0 saturated heterocycles. The highest BCUT2D eigenvalue weighted by atomic mass is 16.2. The van der Waals surface area contributed by atoms with Gasteiger partial charge in [0.15, 0.2) is 0 Å². The number of rotatable bonds is 2. The number of carbonyl (C=O) groups is 1. The van der Waals surface area contributed by atoms with E-state index in [1.54, 1.807) is 18.9 Å². The summed E-state index contributed by atoms with van der Waals surface area (Å²) in [7, 11) is 1.77. The smallest absolute Gasteiger partial charge is 0.219 e. The molecule has 3 nitrogen and oxygen atoms in total. The lowest BCUT2D eigenvalue weighted by atomic mass is 9.90. The first-order chi connectivity index (χ1) is 5.61. The van der Waals surface area contributed by atoms with Crippen molar-refractivity contribution >= 4 is 5.91 Å². The highest BCUT2D eigenvalue weighted by Gasteiger charge is 2.13. The minimum absolute atomic E-state index is 0.0675. The summed E-state index contributed by atoms with van der Waals surface area (Å²) >= 11 is 0. The molecule has 0 unspecified atom stereocenters. The summed E-state index contributed by atoms with van der Waals surface area (Å²) in [6.45, 7) is 2.14. The lowest BCUT2D eigenvalue weighted by Gasteiger charge is -2.22. The number of carbonyl (C=O) groups excluding carboxylic acids is 1. The van der Waals surface area contributed by atoms with Crippen LogP contribution in [0.1, 0.15) is 26.2 Å². The largest absolute Gasteiger partial charge is 0.401 e. The molecule has 2 N–H and O–H groups in total. The van der Waals surface area contributed by atoms with Gasteiger partial charge in [-0.05, 0) is 24.8 Å². The summed E-state index contributed by atoms with van der Waals surface area (Å²) in [5.41, 5.74) is 8.03. The zero-order valence-electron chi connectivity index (χ0n) is 7.76. The van der Waals surface area contributed by atoms with E-state index in [9.17, 15) is 4.79 Å². The highest BCUT2D eigenvalue weighted by Crippen LogP contribution is 2.26. The van der Waals surface area contributed by atoms with E-state index in [0.29, 0.717) is 6.54 Å². The standard InChI is InChI=1S/C9H16N2O/c1-7(12)11(2)6-9(10)8-4-3-5-8/h3-6,10H2,1-2H3. The molecule has 1 amide bonds. The Bertz CT molecular complexity index is 215. The van der Waals surface area contributed by atoms with Gasteiger partial charge in [-0.1, -0.05) is 0 Å². The first-order valence-electron chi connectivity index (χ1n) is 4.29. The Hall–Kier alpha value is -0.990. The highest BCUT2D eigenvalue weighted by molar-refractivity contribution is 5.73. The molecule has 0 aromatic carbocycles. The fourth-order valence-corrected chi connectivity index (χ4v) is 1.15. The third kappa shape index (κ3) is 2.00. The van der Waals surface area contributed by atoms with Crippen molar-refractivity contribution in [3.8, 4) is 0 Å². The van der Waals surface area contributed by atoms with Crippen molar-refractivity contribution in [2.24, 2.45) is 5.73 Å². The molecule has 0 aromatic rings. The molecule has 1 rings (SSSR count). The lowest BCUT2D eigenvalue weighted by molar-refractivity contribution is -0.127. The fourth-order valence-electron chi connectivity index (χ4n) is 1.15. The van der Waals surface area contributed by atoms with Gasteiger partial charge in [-0.3, -0.25) is 4.79 Å². The summed E-state index contributed by atoms with van der Waals surface area (Å²) in [5, 5.41) is 0. The predicted octanol–water partition coefficient (Wildman–Crippen LogP) is 0.861. The van der Waals surface area contributed by atoms with Crippen LogP contribution in [0.25, 0.3) is 0 Å². The van der Waals surface area contributed by atoms with Gasteiger partial charge in [0.2, 0.25) is 5.91 Å². The first kappa shape index (κ1) is 9.10. The number of amides is 1.